The second-order valence-corrected chi connectivity index (χ2v) is 10.4. The maximum absolute atomic E-state index is 14.3. The lowest BCUT2D eigenvalue weighted by Gasteiger charge is -2.32. The number of piperidine rings is 1. The van der Waals surface area contributed by atoms with Crippen LogP contribution in [0.25, 0.3) is 0 Å². The van der Waals surface area contributed by atoms with Crippen LogP contribution in [0.1, 0.15) is 65.1 Å². The maximum Gasteiger partial charge on any atom is 0.251 e. The minimum atomic E-state index is -0.722. The summed E-state index contributed by atoms with van der Waals surface area (Å²) in [4.78, 5) is 16.1. The smallest absolute Gasteiger partial charge is 0.251 e. The van der Waals surface area contributed by atoms with E-state index in [1.165, 1.54) is 43.8 Å². The summed E-state index contributed by atoms with van der Waals surface area (Å²) in [5.41, 5.74) is 8.06. The quantitative estimate of drug-likeness (QED) is 0.474. The van der Waals surface area contributed by atoms with E-state index >= 15 is 0 Å². The van der Waals surface area contributed by atoms with Crippen LogP contribution in [0.15, 0.2) is 30.3 Å². The standard InChI is InChI=1S/C23H25ClF2N2O2.C4H9N.C2H2O/c24-21-10-17(25)4-3-15(21)13-30-18-5-7-28(8-6-18)12-16-9-22(26)20(23(27)29)11-19(16)14-1-2-14;1-5-3-2-4-5;1-2-3/h3-4,9-11,14,18H,1-2,5-8,12-13H2,(H2,27,29);2-4H2,1H3;1,3H. The first-order chi connectivity index (χ1) is 18.2. The Morgan fingerprint density at radius 2 is 1.76 bits per heavy atom. The fourth-order valence-corrected chi connectivity index (χ4v) is 4.75. The number of halogens is 3. The summed E-state index contributed by atoms with van der Waals surface area (Å²) in [6, 6.07) is 7.45. The number of hydrogen-bond acceptors (Lipinski definition) is 5. The molecule has 0 spiro atoms. The molecule has 2 saturated heterocycles. The molecule has 6 nitrogen and oxygen atoms in total. The lowest BCUT2D eigenvalue weighted by Crippen LogP contribution is -2.36. The molecule has 0 aromatic heterocycles. The second-order valence-electron chi connectivity index (χ2n) is 9.98. The van der Waals surface area contributed by atoms with Gasteiger partial charge in [0.1, 0.15) is 17.7 Å². The van der Waals surface area contributed by atoms with Crippen molar-refractivity contribution >= 4 is 17.5 Å². The molecule has 1 saturated carbocycles. The Balaban J connectivity index is 0.000000433. The van der Waals surface area contributed by atoms with Crippen molar-refractivity contribution in [2.75, 3.05) is 33.2 Å². The predicted octanol–water partition coefficient (Wildman–Crippen LogP) is 5.05. The highest BCUT2D eigenvalue weighted by atomic mass is 35.5. The molecule has 0 atom stereocenters. The molecule has 1 amide bonds. The van der Waals surface area contributed by atoms with E-state index in [9.17, 15) is 13.6 Å². The van der Waals surface area contributed by atoms with E-state index < -0.39 is 11.7 Å². The van der Waals surface area contributed by atoms with Gasteiger partial charge >= 0.3 is 0 Å². The molecular weight excluding hydrogens is 512 g/mol. The van der Waals surface area contributed by atoms with Crippen LogP contribution < -0.4 is 5.73 Å². The molecule has 3 fully saturated rings. The molecule has 206 valence electrons. The maximum atomic E-state index is 14.3. The lowest BCUT2D eigenvalue weighted by atomic mass is 9.97. The number of ether oxygens (including phenoxy) is 1. The van der Waals surface area contributed by atoms with Crippen molar-refractivity contribution in [2.24, 2.45) is 5.73 Å². The molecule has 9 heteroatoms. The number of likely N-dealkylation sites (tertiary alicyclic amines) is 2. The molecule has 38 heavy (non-hydrogen) atoms. The molecule has 0 bridgehead atoms. The Labute approximate surface area is 228 Å². The molecule has 5 rings (SSSR count). The molecule has 2 aromatic carbocycles. The number of carbonyl (C=O) groups is 1. The van der Waals surface area contributed by atoms with Gasteiger partial charge < -0.3 is 20.5 Å². The first-order valence-corrected chi connectivity index (χ1v) is 13.3. The number of benzene rings is 2. The summed E-state index contributed by atoms with van der Waals surface area (Å²) in [6.45, 7) is 5.32. The van der Waals surface area contributed by atoms with Crippen molar-refractivity contribution in [2.45, 2.75) is 57.3 Å². The van der Waals surface area contributed by atoms with Gasteiger partial charge in [0.2, 0.25) is 0 Å². The predicted molar refractivity (Wildman–Crippen MR) is 144 cm³/mol. The van der Waals surface area contributed by atoms with Crippen LogP contribution in [0.5, 0.6) is 0 Å². The number of primary amides is 1. The van der Waals surface area contributed by atoms with Gasteiger partial charge in [0.25, 0.3) is 5.91 Å². The monoisotopic (exact) mass is 547 g/mol. The van der Waals surface area contributed by atoms with Gasteiger partial charge in [0, 0.05) is 24.7 Å². The average molecular weight is 548 g/mol. The molecular formula is C29H36ClF2N3O3. The SMILES string of the molecule is C#CO.CN1CCC1.NC(=O)c1cc(C2CC2)c(CN2CCC(OCc3ccc(F)cc3Cl)CC2)cc1F. The molecule has 2 aromatic rings. The molecule has 2 aliphatic heterocycles. The number of aliphatic hydroxyl groups is 1. The molecule has 3 N–H and O–H groups in total. The normalized spacial score (nSPS) is 17.8. The number of nitrogens with zero attached hydrogens (tertiary/aromatic N) is 2. The summed E-state index contributed by atoms with van der Waals surface area (Å²) < 4.78 is 33.5. The number of aliphatic hydroxyl groups excluding tert-OH is 1. The lowest BCUT2D eigenvalue weighted by molar-refractivity contribution is -0.00398. The van der Waals surface area contributed by atoms with Gasteiger partial charge in [-0.15, -0.1) is 0 Å². The Morgan fingerprint density at radius 3 is 2.26 bits per heavy atom. The fourth-order valence-electron chi connectivity index (χ4n) is 4.53. The van der Waals surface area contributed by atoms with Gasteiger partial charge in [-0.3, -0.25) is 9.69 Å². The van der Waals surface area contributed by atoms with E-state index in [1.807, 2.05) is 0 Å². The van der Waals surface area contributed by atoms with Gasteiger partial charge in [-0.2, -0.15) is 0 Å². The average Bonchev–Trinajstić information content (AvgIpc) is 3.69. The van der Waals surface area contributed by atoms with Crippen molar-refractivity contribution in [1.82, 2.24) is 9.80 Å². The summed E-state index contributed by atoms with van der Waals surface area (Å²) in [5.74, 6) is -1.22. The van der Waals surface area contributed by atoms with E-state index in [-0.39, 0.29) is 17.5 Å². The van der Waals surface area contributed by atoms with Gasteiger partial charge in [0.05, 0.1) is 18.3 Å². The van der Waals surface area contributed by atoms with Crippen molar-refractivity contribution in [3.05, 3.63) is 69.2 Å². The van der Waals surface area contributed by atoms with Crippen LogP contribution in [0.3, 0.4) is 0 Å². The molecule has 2 heterocycles. The summed E-state index contributed by atoms with van der Waals surface area (Å²) in [5, 5.41) is 7.47. The molecule has 0 unspecified atom stereocenters. The molecule has 3 aliphatic rings. The zero-order valence-electron chi connectivity index (χ0n) is 21.8. The minimum Gasteiger partial charge on any atom is -0.462 e. The van der Waals surface area contributed by atoms with E-state index in [2.05, 4.69) is 23.3 Å². The van der Waals surface area contributed by atoms with Crippen molar-refractivity contribution < 1.29 is 23.4 Å². The fraction of sp³-hybridized carbons (Fsp3) is 0.483. The highest BCUT2D eigenvalue weighted by Crippen LogP contribution is 2.42. The number of amides is 1. The van der Waals surface area contributed by atoms with Gasteiger partial charge in [0.15, 0.2) is 0 Å². The number of hydrogen-bond donors (Lipinski definition) is 2. The van der Waals surface area contributed by atoms with E-state index in [0.717, 1.165) is 55.5 Å². The van der Waals surface area contributed by atoms with Crippen molar-refractivity contribution in [1.29, 1.82) is 0 Å². The number of terminal acetylenes is 1. The number of carbonyl (C=O) groups excluding carboxylic acids is 1. The Hall–Kier alpha value is -2.70. The third-order valence-electron chi connectivity index (χ3n) is 7.01. The van der Waals surface area contributed by atoms with Crippen LogP contribution in [0.2, 0.25) is 5.02 Å². The van der Waals surface area contributed by atoms with Gasteiger partial charge in [-0.1, -0.05) is 24.1 Å². The van der Waals surface area contributed by atoms with E-state index in [1.54, 1.807) is 12.1 Å². The van der Waals surface area contributed by atoms with Crippen LogP contribution in [-0.2, 0) is 17.9 Å². The van der Waals surface area contributed by atoms with Gasteiger partial charge in [-0.25, -0.2) is 8.78 Å². The largest absolute Gasteiger partial charge is 0.462 e. The Kier molecular flexibility index (Phi) is 11.4. The highest BCUT2D eigenvalue weighted by molar-refractivity contribution is 6.31. The zero-order chi connectivity index (χ0) is 27.7. The Morgan fingerprint density at radius 1 is 1.13 bits per heavy atom. The Bertz CT molecular complexity index is 1120. The third kappa shape index (κ3) is 8.95. The first kappa shape index (κ1) is 29.9. The summed E-state index contributed by atoms with van der Waals surface area (Å²) in [7, 11) is 2.14. The molecule has 1 aliphatic carbocycles. The highest BCUT2D eigenvalue weighted by Gasteiger charge is 2.29. The van der Waals surface area contributed by atoms with Crippen molar-refractivity contribution in [3.63, 3.8) is 0 Å². The zero-order valence-corrected chi connectivity index (χ0v) is 22.5. The van der Waals surface area contributed by atoms with Crippen LogP contribution in [0.4, 0.5) is 8.78 Å². The van der Waals surface area contributed by atoms with Crippen LogP contribution in [-0.4, -0.2) is 60.1 Å². The van der Waals surface area contributed by atoms with E-state index in [0.29, 0.717) is 24.1 Å². The number of rotatable bonds is 7. The third-order valence-corrected chi connectivity index (χ3v) is 7.36. The van der Waals surface area contributed by atoms with Crippen molar-refractivity contribution in [3.8, 4) is 12.5 Å². The van der Waals surface area contributed by atoms with E-state index in [4.69, 9.17) is 27.2 Å². The van der Waals surface area contributed by atoms with Gasteiger partial charge in [-0.05, 0) is 99.1 Å². The summed E-state index contributed by atoms with van der Waals surface area (Å²) in [6.07, 6.45) is 10.8. The first-order valence-electron chi connectivity index (χ1n) is 12.9. The van der Waals surface area contributed by atoms with Crippen LogP contribution in [0, 0.1) is 24.2 Å². The molecule has 0 radical (unpaired) electrons. The number of nitrogens with two attached hydrogens (primary N) is 1. The van der Waals surface area contributed by atoms with Crippen LogP contribution >= 0.6 is 11.6 Å². The second kappa shape index (κ2) is 14.5. The topological polar surface area (TPSA) is 79.0 Å². The summed E-state index contributed by atoms with van der Waals surface area (Å²) >= 11 is 6.06. The minimum absolute atomic E-state index is 0.0211.